The Hall–Kier alpha value is -1.04. The summed E-state index contributed by atoms with van der Waals surface area (Å²) in [7, 11) is 0. The highest BCUT2D eigenvalue weighted by molar-refractivity contribution is 7.80. The standard InChI is InChI=1S/C13H23N3O2S/c1-13(2,3)18-12(17)15-7-9-5-4-6-16(11(14)19)10(9)8-15/h9-10H,4-8H2,1-3H3,(H2,14,19)/t9-,10-/m1/s1. The lowest BCUT2D eigenvalue weighted by molar-refractivity contribution is 0.0284. The summed E-state index contributed by atoms with van der Waals surface area (Å²) in [5.74, 6) is 0.461. The van der Waals surface area contributed by atoms with Gasteiger partial charge in [0.1, 0.15) is 5.60 Å². The third kappa shape index (κ3) is 3.29. The Balaban J connectivity index is 2.01. The zero-order chi connectivity index (χ0) is 14.2. The molecule has 2 fully saturated rings. The number of nitrogens with two attached hydrogens (primary N) is 1. The number of hydrogen-bond acceptors (Lipinski definition) is 3. The van der Waals surface area contributed by atoms with Crippen molar-refractivity contribution in [1.29, 1.82) is 0 Å². The molecule has 5 nitrogen and oxygen atoms in total. The fraction of sp³-hybridized carbons (Fsp3) is 0.846. The van der Waals surface area contributed by atoms with E-state index in [2.05, 4.69) is 4.90 Å². The van der Waals surface area contributed by atoms with E-state index in [1.807, 2.05) is 20.8 Å². The summed E-state index contributed by atoms with van der Waals surface area (Å²) < 4.78 is 5.43. The van der Waals surface area contributed by atoms with E-state index in [0.29, 0.717) is 17.6 Å². The first-order valence-electron chi connectivity index (χ1n) is 6.82. The zero-order valence-electron chi connectivity index (χ0n) is 11.9. The first-order chi connectivity index (χ1) is 8.78. The Kier molecular flexibility index (Phi) is 3.90. The maximum absolute atomic E-state index is 12.1. The van der Waals surface area contributed by atoms with E-state index in [4.69, 9.17) is 22.7 Å². The molecule has 0 unspecified atom stereocenters. The molecule has 0 spiro atoms. The third-order valence-corrected chi connectivity index (χ3v) is 3.95. The van der Waals surface area contributed by atoms with Crippen molar-refractivity contribution >= 4 is 23.4 Å². The lowest BCUT2D eigenvalue weighted by atomic mass is 9.92. The molecule has 2 N–H and O–H groups in total. The molecule has 19 heavy (non-hydrogen) atoms. The Morgan fingerprint density at radius 2 is 2.05 bits per heavy atom. The largest absolute Gasteiger partial charge is 0.444 e. The van der Waals surface area contributed by atoms with Crippen LogP contribution >= 0.6 is 12.2 Å². The second-order valence-electron chi connectivity index (χ2n) is 6.39. The molecule has 0 radical (unpaired) electrons. The van der Waals surface area contributed by atoms with Crippen LogP contribution in [0.5, 0.6) is 0 Å². The number of nitrogens with zero attached hydrogens (tertiary/aromatic N) is 2. The van der Waals surface area contributed by atoms with E-state index in [1.54, 1.807) is 4.90 Å². The normalized spacial score (nSPS) is 27.1. The Morgan fingerprint density at radius 1 is 1.37 bits per heavy atom. The van der Waals surface area contributed by atoms with E-state index >= 15 is 0 Å². The van der Waals surface area contributed by atoms with Crippen molar-refractivity contribution in [3.8, 4) is 0 Å². The Labute approximate surface area is 120 Å². The maximum atomic E-state index is 12.1. The molecule has 0 aromatic rings. The first-order valence-corrected chi connectivity index (χ1v) is 7.23. The van der Waals surface area contributed by atoms with Crippen LogP contribution in [0.25, 0.3) is 0 Å². The van der Waals surface area contributed by atoms with Gasteiger partial charge in [0.2, 0.25) is 0 Å². The zero-order valence-corrected chi connectivity index (χ0v) is 12.7. The van der Waals surface area contributed by atoms with Gasteiger partial charge in [-0.05, 0) is 51.7 Å². The van der Waals surface area contributed by atoms with E-state index < -0.39 is 5.60 Å². The summed E-state index contributed by atoms with van der Waals surface area (Å²) in [5, 5.41) is 0.445. The SMILES string of the molecule is CC(C)(C)OC(=O)N1C[C@H]2CCCN(C(N)=S)[C@@H]2C1. The summed E-state index contributed by atoms with van der Waals surface area (Å²) >= 11 is 5.10. The van der Waals surface area contributed by atoms with Gasteiger partial charge >= 0.3 is 6.09 Å². The number of hydrogen-bond donors (Lipinski definition) is 1. The summed E-state index contributed by atoms with van der Waals surface area (Å²) in [6, 6.07) is 0.263. The van der Waals surface area contributed by atoms with Gasteiger partial charge in [-0.25, -0.2) is 4.79 Å². The average Bonchev–Trinajstić information content (AvgIpc) is 2.69. The van der Waals surface area contributed by atoms with Crippen LogP contribution in [0.15, 0.2) is 0 Å². The monoisotopic (exact) mass is 285 g/mol. The van der Waals surface area contributed by atoms with Crippen molar-refractivity contribution in [1.82, 2.24) is 9.80 Å². The molecule has 108 valence electrons. The first kappa shape index (κ1) is 14.4. The molecule has 0 aliphatic carbocycles. The second kappa shape index (κ2) is 5.15. The highest BCUT2D eigenvalue weighted by Crippen LogP contribution is 2.31. The van der Waals surface area contributed by atoms with Crippen molar-refractivity contribution in [2.45, 2.75) is 45.3 Å². The van der Waals surface area contributed by atoms with Gasteiger partial charge in [0.05, 0.1) is 6.04 Å². The van der Waals surface area contributed by atoms with Crippen LogP contribution in [0.3, 0.4) is 0 Å². The second-order valence-corrected chi connectivity index (χ2v) is 6.80. The highest BCUT2D eigenvalue weighted by Gasteiger charge is 2.42. The number of rotatable bonds is 0. The number of thiocarbonyl (C=S) groups is 1. The number of carbonyl (C=O) groups is 1. The maximum Gasteiger partial charge on any atom is 0.410 e. The van der Waals surface area contributed by atoms with Crippen LogP contribution in [-0.2, 0) is 4.74 Å². The van der Waals surface area contributed by atoms with Crippen LogP contribution in [0.4, 0.5) is 4.79 Å². The van der Waals surface area contributed by atoms with Gasteiger partial charge in [-0.1, -0.05) is 0 Å². The fourth-order valence-electron chi connectivity index (χ4n) is 2.93. The number of likely N-dealkylation sites (tertiary alicyclic amines) is 2. The molecular formula is C13H23N3O2S. The van der Waals surface area contributed by atoms with E-state index in [-0.39, 0.29) is 12.1 Å². The molecular weight excluding hydrogens is 262 g/mol. The number of fused-ring (bicyclic) bond motifs is 1. The summed E-state index contributed by atoms with van der Waals surface area (Å²) in [5.41, 5.74) is 5.32. The van der Waals surface area contributed by atoms with Gasteiger partial charge in [0.15, 0.2) is 5.11 Å². The van der Waals surface area contributed by atoms with Crippen molar-refractivity contribution < 1.29 is 9.53 Å². The molecule has 0 bridgehead atoms. The van der Waals surface area contributed by atoms with Crippen molar-refractivity contribution in [3.63, 3.8) is 0 Å². The smallest absolute Gasteiger partial charge is 0.410 e. The molecule has 0 aromatic carbocycles. The third-order valence-electron chi connectivity index (χ3n) is 3.72. The molecule has 6 heteroatoms. The Bertz CT molecular complexity index is 381. The predicted molar refractivity (Wildman–Crippen MR) is 77.8 cm³/mol. The van der Waals surface area contributed by atoms with Crippen LogP contribution in [-0.4, -0.2) is 52.3 Å². The lowest BCUT2D eigenvalue weighted by Crippen LogP contribution is -2.50. The van der Waals surface area contributed by atoms with Crippen LogP contribution in [0, 0.1) is 5.92 Å². The topological polar surface area (TPSA) is 58.8 Å². The van der Waals surface area contributed by atoms with Gasteiger partial charge in [-0.2, -0.15) is 0 Å². The molecule has 0 saturated carbocycles. The van der Waals surface area contributed by atoms with Crippen LogP contribution in [0.2, 0.25) is 0 Å². The number of ether oxygens (including phenoxy) is 1. The van der Waals surface area contributed by atoms with Gasteiger partial charge in [-0.15, -0.1) is 0 Å². The van der Waals surface area contributed by atoms with Gasteiger partial charge < -0.3 is 20.3 Å². The fourth-order valence-corrected chi connectivity index (χ4v) is 3.16. The number of carbonyl (C=O) groups excluding carboxylic acids is 1. The predicted octanol–water partition coefficient (Wildman–Crippen LogP) is 1.56. The minimum absolute atomic E-state index is 0.232. The van der Waals surface area contributed by atoms with E-state index in [1.165, 1.54) is 0 Å². The van der Waals surface area contributed by atoms with Gasteiger partial charge in [-0.3, -0.25) is 0 Å². The summed E-state index contributed by atoms with van der Waals surface area (Å²) in [6.07, 6.45) is 1.98. The number of piperidine rings is 1. The Morgan fingerprint density at radius 3 is 2.63 bits per heavy atom. The molecule has 0 aromatic heterocycles. The molecule has 1 amide bonds. The molecule has 2 rings (SSSR count). The minimum Gasteiger partial charge on any atom is -0.444 e. The van der Waals surface area contributed by atoms with Crippen molar-refractivity contribution in [2.24, 2.45) is 11.7 Å². The summed E-state index contributed by atoms with van der Waals surface area (Å²) in [4.78, 5) is 16.0. The van der Waals surface area contributed by atoms with E-state index in [9.17, 15) is 4.79 Å². The van der Waals surface area contributed by atoms with Crippen LogP contribution < -0.4 is 5.73 Å². The lowest BCUT2D eigenvalue weighted by Gasteiger charge is -2.37. The molecule has 2 heterocycles. The molecule has 2 atom stereocenters. The molecule has 2 aliphatic heterocycles. The summed E-state index contributed by atoms with van der Waals surface area (Å²) in [6.45, 7) is 7.97. The minimum atomic E-state index is -0.451. The van der Waals surface area contributed by atoms with Crippen molar-refractivity contribution in [2.75, 3.05) is 19.6 Å². The van der Waals surface area contributed by atoms with Crippen LogP contribution in [0.1, 0.15) is 33.6 Å². The quantitative estimate of drug-likeness (QED) is 0.685. The molecule has 2 saturated heterocycles. The highest BCUT2D eigenvalue weighted by atomic mass is 32.1. The average molecular weight is 285 g/mol. The van der Waals surface area contributed by atoms with E-state index in [0.717, 1.165) is 25.9 Å². The number of amides is 1. The van der Waals surface area contributed by atoms with Gasteiger partial charge in [0, 0.05) is 19.6 Å². The van der Waals surface area contributed by atoms with Gasteiger partial charge in [0.25, 0.3) is 0 Å². The van der Waals surface area contributed by atoms with Crippen molar-refractivity contribution in [3.05, 3.63) is 0 Å². The molecule has 2 aliphatic rings.